The van der Waals surface area contributed by atoms with Crippen molar-refractivity contribution in [3.8, 4) is 16.9 Å². The molecule has 0 spiro atoms. The molecule has 1 amide bonds. The number of hydrogen-bond acceptors (Lipinski definition) is 4. The van der Waals surface area contributed by atoms with Gasteiger partial charge in [-0.15, -0.1) is 0 Å². The first-order valence-corrected chi connectivity index (χ1v) is 11.0. The Morgan fingerprint density at radius 3 is 2.77 bits per heavy atom. The summed E-state index contributed by atoms with van der Waals surface area (Å²) in [6, 6.07) is 17.9. The lowest BCUT2D eigenvalue weighted by atomic mass is 9.96. The molecule has 1 aliphatic rings. The molecule has 1 fully saturated rings. The van der Waals surface area contributed by atoms with Crippen molar-refractivity contribution in [1.29, 1.82) is 0 Å². The van der Waals surface area contributed by atoms with Crippen LogP contribution in [-0.2, 0) is 11.3 Å². The molecule has 1 N–H and O–H groups in total. The zero-order valence-corrected chi connectivity index (χ0v) is 18.0. The van der Waals surface area contributed by atoms with Crippen LogP contribution in [0.15, 0.2) is 67.0 Å². The van der Waals surface area contributed by atoms with Gasteiger partial charge >= 0.3 is 0 Å². The van der Waals surface area contributed by atoms with Crippen LogP contribution in [0.25, 0.3) is 11.1 Å². The highest BCUT2D eigenvalue weighted by Crippen LogP contribution is 2.26. The minimum atomic E-state index is 0.0384. The van der Waals surface area contributed by atoms with Gasteiger partial charge in [-0.2, -0.15) is 5.10 Å². The van der Waals surface area contributed by atoms with Crippen molar-refractivity contribution in [3.05, 3.63) is 67.0 Å². The SMILES string of the molecule is COc1cccc(-c2ccc(NC(=O)[C@@H]3CCCN(CCCn4cccn4)C3)cc2)c1. The minimum absolute atomic E-state index is 0.0384. The number of carbonyl (C=O) groups excluding carboxylic acids is 1. The Balaban J connectivity index is 1.29. The molecule has 2 aromatic carbocycles. The first-order valence-electron chi connectivity index (χ1n) is 11.0. The molecule has 0 bridgehead atoms. The molecule has 1 aromatic heterocycles. The van der Waals surface area contributed by atoms with Gasteiger partial charge in [-0.1, -0.05) is 24.3 Å². The highest BCUT2D eigenvalue weighted by molar-refractivity contribution is 5.93. The summed E-state index contributed by atoms with van der Waals surface area (Å²) in [7, 11) is 1.67. The van der Waals surface area contributed by atoms with E-state index in [1.54, 1.807) is 7.11 Å². The number of piperidine rings is 1. The van der Waals surface area contributed by atoms with Gasteiger partial charge in [0, 0.05) is 31.2 Å². The number of likely N-dealkylation sites (tertiary alicyclic amines) is 1. The molecule has 0 saturated carbocycles. The van der Waals surface area contributed by atoms with Gasteiger partial charge in [0.05, 0.1) is 13.0 Å². The van der Waals surface area contributed by atoms with Gasteiger partial charge in [-0.05, 0) is 73.8 Å². The lowest BCUT2D eigenvalue weighted by Crippen LogP contribution is -2.41. The molecule has 6 heteroatoms. The molecular formula is C25H30N4O2. The maximum Gasteiger partial charge on any atom is 0.228 e. The highest BCUT2D eigenvalue weighted by atomic mass is 16.5. The third kappa shape index (κ3) is 5.73. The van der Waals surface area contributed by atoms with Crippen molar-refractivity contribution < 1.29 is 9.53 Å². The molecule has 1 saturated heterocycles. The molecule has 2 heterocycles. The number of nitrogens with zero attached hydrogens (tertiary/aromatic N) is 3. The van der Waals surface area contributed by atoms with E-state index < -0.39 is 0 Å². The standard InChI is InChI=1S/C25H30N4O2/c1-31-24-8-2-6-21(18-24)20-9-11-23(12-10-20)27-25(30)22-7-3-14-28(19-22)15-5-17-29-16-4-13-26-29/h2,4,6,8-13,16,18,22H,3,5,7,14-15,17,19H2,1H3,(H,27,30)/t22-/m1/s1. The zero-order valence-electron chi connectivity index (χ0n) is 18.0. The topological polar surface area (TPSA) is 59.4 Å². The van der Waals surface area contributed by atoms with E-state index in [0.29, 0.717) is 0 Å². The summed E-state index contributed by atoms with van der Waals surface area (Å²) in [6.45, 7) is 3.81. The fraction of sp³-hybridized carbons (Fsp3) is 0.360. The first kappa shape index (κ1) is 21.1. The summed E-state index contributed by atoms with van der Waals surface area (Å²) in [6.07, 6.45) is 6.86. The van der Waals surface area contributed by atoms with Crippen molar-refractivity contribution >= 4 is 11.6 Å². The van der Waals surface area contributed by atoms with E-state index in [1.165, 1.54) is 0 Å². The van der Waals surface area contributed by atoms with Crippen molar-refractivity contribution in [2.45, 2.75) is 25.8 Å². The number of hydrogen-bond donors (Lipinski definition) is 1. The molecule has 3 aromatic rings. The second-order valence-electron chi connectivity index (χ2n) is 8.06. The molecule has 1 aliphatic heterocycles. The average molecular weight is 419 g/mol. The quantitative estimate of drug-likeness (QED) is 0.593. The van der Waals surface area contributed by atoms with Gasteiger partial charge in [-0.25, -0.2) is 0 Å². The van der Waals surface area contributed by atoms with E-state index in [9.17, 15) is 4.79 Å². The van der Waals surface area contributed by atoms with E-state index in [0.717, 1.165) is 68.0 Å². The molecule has 6 nitrogen and oxygen atoms in total. The smallest absolute Gasteiger partial charge is 0.228 e. The first-order chi connectivity index (χ1) is 15.2. The highest BCUT2D eigenvalue weighted by Gasteiger charge is 2.25. The average Bonchev–Trinajstić information content (AvgIpc) is 3.33. The van der Waals surface area contributed by atoms with E-state index in [4.69, 9.17) is 4.74 Å². The number of methoxy groups -OCH3 is 1. The van der Waals surface area contributed by atoms with Crippen LogP contribution < -0.4 is 10.1 Å². The van der Waals surface area contributed by atoms with Gasteiger partial charge in [0.2, 0.25) is 5.91 Å². The third-order valence-corrected chi connectivity index (χ3v) is 5.85. The molecule has 4 rings (SSSR count). The van der Waals surface area contributed by atoms with Gasteiger partial charge in [0.25, 0.3) is 0 Å². The monoisotopic (exact) mass is 418 g/mol. The summed E-state index contributed by atoms with van der Waals surface area (Å²) in [5, 5.41) is 7.36. The Morgan fingerprint density at radius 2 is 2.00 bits per heavy atom. The maximum absolute atomic E-state index is 12.8. The number of anilines is 1. The normalized spacial score (nSPS) is 16.7. The fourth-order valence-electron chi connectivity index (χ4n) is 4.15. The summed E-state index contributed by atoms with van der Waals surface area (Å²) < 4.78 is 7.27. The van der Waals surface area contributed by atoms with E-state index in [-0.39, 0.29) is 11.8 Å². The lowest BCUT2D eigenvalue weighted by Gasteiger charge is -2.32. The zero-order chi connectivity index (χ0) is 21.5. The second kappa shape index (κ2) is 10.3. The van der Waals surface area contributed by atoms with Crippen LogP contribution in [0.5, 0.6) is 5.75 Å². The Bertz CT molecular complexity index is 969. The van der Waals surface area contributed by atoms with Crippen LogP contribution in [0.4, 0.5) is 5.69 Å². The van der Waals surface area contributed by atoms with Crippen LogP contribution >= 0.6 is 0 Å². The van der Waals surface area contributed by atoms with E-state index in [2.05, 4.69) is 21.4 Å². The van der Waals surface area contributed by atoms with Crippen molar-refractivity contribution in [2.75, 3.05) is 32.1 Å². The molecule has 162 valence electrons. The van der Waals surface area contributed by atoms with E-state index in [1.807, 2.05) is 65.6 Å². The van der Waals surface area contributed by atoms with Crippen LogP contribution in [-0.4, -0.2) is 47.3 Å². The van der Waals surface area contributed by atoms with Gasteiger partial charge in [0.15, 0.2) is 0 Å². The minimum Gasteiger partial charge on any atom is -0.497 e. The number of ether oxygens (including phenoxy) is 1. The number of nitrogens with one attached hydrogen (secondary N) is 1. The Labute approximate surface area is 183 Å². The van der Waals surface area contributed by atoms with Crippen molar-refractivity contribution in [1.82, 2.24) is 14.7 Å². The number of carbonyl (C=O) groups is 1. The summed E-state index contributed by atoms with van der Waals surface area (Å²) in [4.78, 5) is 15.2. The fourth-order valence-corrected chi connectivity index (χ4v) is 4.15. The Morgan fingerprint density at radius 1 is 1.13 bits per heavy atom. The number of amides is 1. The van der Waals surface area contributed by atoms with Crippen LogP contribution in [0.1, 0.15) is 19.3 Å². The number of benzene rings is 2. The molecule has 0 radical (unpaired) electrons. The molecule has 0 unspecified atom stereocenters. The predicted octanol–water partition coefficient (Wildman–Crippen LogP) is 4.30. The van der Waals surface area contributed by atoms with Crippen LogP contribution in [0, 0.1) is 5.92 Å². The van der Waals surface area contributed by atoms with Crippen LogP contribution in [0.2, 0.25) is 0 Å². The number of aryl methyl sites for hydroxylation is 1. The Kier molecular flexibility index (Phi) is 6.99. The molecule has 31 heavy (non-hydrogen) atoms. The maximum atomic E-state index is 12.8. The van der Waals surface area contributed by atoms with Gasteiger partial charge in [-0.3, -0.25) is 9.48 Å². The van der Waals surface area contributed by atoms with Crippen molar-refractivity contribution in [2.24, 2.45) is 5.92 Å². The van der Waals surface area contributed by atoms with E-state index >= 15 is 0 Å². The third-order valence-electron chi connectivity index (χ3n) is 5.85. The van der Waals surface area contributed by atoms with Crippen LogP contribution in [0.3, 0.4) is 0 Å². The summed E-state index contributed by atoms with van der Waals surface area (Å²) >= 11 is 0. The largest absolute Gasteiger partial charge is 0.497 e. The summed E-state index contributed by atoms with van der Waals surface area (Å²) in [5.74, 6) is 0.990. The van der Waals surface area contributed by atoms with Crippen molar-refractivity contribution in [3.63, 3.8) is 0 Å². The number of aromatic nitrogens is 2. The number of rotatable bonds is 8. The molecular weight excluding hydrogens is 388 g/mol. The molecule has 1 atom stereocenters. The second-order valence-corrected chi connectivity index (χ2v) is 8.06. The molecule has 0 aliphatic carbocycles. The predicted molar refractivity (Wildman–Crippen MR) is 123 cm³/mol. The lowest BCUT2D eigenvalue weighted by molar-refractivity contribution is -0.121. The summed E-state index contributed by atoms with van der Waals surface area (Å²) in [5.41, 5.74) is 3.03. The Hall–Kier alpha value is -3.12. The van der Waals surface area contributed by atoms with Gasteiger partial charge in [0.1, 0.15) is 5.75 Å². The van der Waals surface area contributed by atoms with Gasteiger partial charge < -0.3 is 15.0 Å².